The molecule has 1 aromatic rings. The minimum atomic E-state index is -0.875. The third kappa shape index (κ3) is 3.63. The number of hydrogen-bond donors (Lipinski definition) is 1. The van der Waals surface area contributed by atoms with E-state index in [9.17, 15) is 19.5 Å². The van der Waals surface area contributed by atoms with Crippen molar-refractivity contribution in [3.8, 4) is 0 Å². The van der Waals surface area contributed by atoms with Gasteiger partial charge in [-0.15, -0.1) is 0 Å². The zero-order valence-corrected chi connectivity index (χ0v) is 15.3. The average Bonchev–Trinajstić information content (AvgIpc) is 3.01. The van der Waals surface area contributed by atoms with Crippen LogP contribution in [0.3, 0.4) is 0 Å². The molecule has 7 nitrogen and oxygen atoms in total. The highest BCUT2D eigenvalue weighted by Gasteiger charge is 2.42. The van der Waals surface area contributed by atoms with E-state index >= 15 is 0 Å². The molecule has 27 heavy (non-hydrogen) atoms. The first-order chi connectivity index (χ1) is 13.0. The van der Waals surface area contributed by atoms with E-state index in [0.29, 0.717) is 45.6 Å². The summed E-state index contributed by atoms with van der Waals surface area (Å²) in [5.41, 5.74) is 1.03. The predicted molar refractivity (Wildman–Crippen MR) is 97.8 cm³/mol. The predicted octanol–water partition coefficient (Wildman–Crippen LogP) is 1.64. The molecule has 3 atom stereocenters. The molecule has 3 heterocycles. The van der Waals surface area contributed by atoms with E-state index in [1.807, 2.05) is 35.2 Å². The van der Waals surface area contributed by atoms with Gasteiger partial charge in [-0.25, -0.2) is 4.79 Å². The molecule has 3 aliphatic heterocycles. The number of likely N-dealkylation sites (tertiary alicyclic amines) is 3. The normalized spacial score (nSPS) is 27.8. The van der Waals surface area contributed by atoms with Crippen molar-refractivity contribution in [3.05, 3.63) is 35.9 Å². The van der Waals surface area contributed by atoms with E-state index in [1.54, 1.807) is 4.90 Å². The lowest BCUT2D eigenvalue weighted by atomic mass is 9.84. The van der Waals surface area contributed by atoms with Crippen molar-refractivity contribution in [2.45, 2.75) is 31.8 Å². The Kier molecular flexibility index (Phi) is 4.76. The third-order valence-electron chi connectivity index (χ3n) is 5.97. The van der Waals surface area contributed by atoms with E-state index in [2.05, 4.69) is 0 Å². The van der Waals surface area contributed by atoms with Crippen LogP contribution in [0.5, 0.6) is 0 Å². The molecule has 0 aromatic heterocycles. The van der Waals surface area contributed by atoms with E-state index in [1.165, 1.54) is 4.90 Å². The van der Waals surface area contributed by atoms with Crippen molar-refractivity contribution in [2.24, 2.45) is 11.8 Å². The molecule has 1 N–H and O–H groups in total. The maximum atomic E-state index is 13.2. The molecule has 3 saturated heterocycles. The number of nitrogens with zero attached hydrogens (tertiary/aromatic N) is 3. The molecular formula is C20H25N3O4. The van der Waals surface area contributed by atoms with Gasteiger partial charge in [0, 0.05) is 39.1 Å². The minimum Gasteiger partial charge on any atom is -0.465 e. The van der Waals surface area contributed by atoms with Crippen LogP contribution in [0.15, 0.2) is 30.3 Å². The van der Waals surface area contributed by atoms with Crippen LogP contribution in [0, 0.1) is 11.8 Å². The molecule has 0 aliphatic carbocycles. The van der Waals surface area contributed by atoms with Crippen LogP contribution in [0.25, 0.3) is 0 Å². The van der Waals surface area contributed by atoms with Gasteiger partial charge in [0.15, 0.2) is 0 Å². The molecule has 3 unspecified atom stereocenters. The summed E-state index contributed by atoms with van der Waals surface area (Å²) in [5, 5.41) is 9.25. The maximum absolute atomic E-state index is 13.2. The maximum Gasteiger partial charge on any atom is 0.407 e. The molecule has 2 bridgehead atoms. The van der Waals surface area contributed by atoms with E-state index in [0.717, 1.165) is 12.0 Å². The Hall–Kier alpha value is -2.57. The van der Waals surface area contributed by atoms with Gasteiger partial charge in [-0.3, -0.25) is 9.59 Å². The lowest BCUT2D eigenvalue weighted by molar-refractivity contribution is -0.145. The van der Waals surface area contributed by atoms with E-state index in [4.69, 9.17) is 0 Å². The van der Waals surface area contributed by atoms with Gasteiger partial charge in [0.25, 0.3) is 0 Å². The number of benzene rings is 1. The second-order valence-corrected chi connectivity index (χ2v) is 7.96. The molecular weight excluding hydrogens is 346 g/mol. The number of amides is 3. The Balaban J connectivity index is 1.44. The van der Waals surface area contributed by atoms with Gasteiger partial charge in [0.1, 0.15) is 6.04 Å². The van der Waals surface area contributed by atoms with Crippen LogP contribution in [-0.2, 0) is 16.1 Å². The van der Waals surface area contributed by atoms with Crippen LogP contribution >= 0.6 is 0 Å². The largest absolute Gasteiger partial charge is 0.465 e. The molecule has 4 rings (SSSR count). The highest BCUT2D eigenvalue weighted by atomic mass is 16.4. The van der Waals surface area contributed by atoms with Crippen LogP contribution in [0.2, 0.25) is 0 Å². The summed E-state index contributed by atoms with van der Waals surface area (Å²) < 4.78 is 0. The van der Waals surface area contributed by atoms with E-state index in [-0.39, 0.29) is 23.7 Å². The summed E-state index contributed by atoms with van der Waals surface area (Å²) in [6.07, 6.45) is 1.08. The van der Waals surface area contributed by atoms with Gasteiger partial charge < -0.3 is 19.8 Å². The third-order valence-corrected chi connectivity index (χ3v) is 5.97. The summed E-state index contributed by atoms with van der Waals surface area (Å²) in [5.74, 6) is 0.441. The summed E-state index contributed by atoms with van der Waals surface area (Å²) in [6, 6.07) is 9.36. The van der Waals surface area contributed by atoms with Crippen LogP contribution in [-0.4, -0.2) is 69.9 Å². The quantitative estimate of drug-likeness (QED) is 0.876. The molecule has 144 valence electrons. The molecule has 0 spiro atoms. The second kappa shape index (κ2) is 7.21. The van der Waals surface area contributed by atoms with Gasteiger partial charge in [-0.1, -0.05) is 30.3 Å². The fourth-order valence-corrected chi connectivity index (χ4v) is 4.80. The SMILES string of the molecule is O=C(O)N1CC2CC(C1)CN(C(=O)C1CCC(=O)N1Cc1ccccc1)C2. The van der Waals surface area contributed by atoms with E-state index < -0.39 is 12.1 Å². The Morgan fingerprint density at radius 2 is 1.63 bits per heavy atom. The number of carbonyl (C=O) groups excluding carboxylic acids is 2. The smallest absolute Gasteiger partial charge is 0.407 e. The number of fused-ring (bicyclic) bond motifs is 2. The first kappa shape index (κ1) is 17.8. The summed E-state index contributed by atoms with van der Waals surface area (Å²) >= 11 is 0. The zero-order chi connectivity index (χ0) is 19.0. The topological polar surface area (TPSA) is 81.2 Å². The Morgan fingerprint density at radius 1 is 1.00 bits per heavy atom. The molecule has 0 saturated carbocycles. The molecule has 3 amide bonds. The molecule has 0 radical (unpaired) electrons. The number of hydrogen-bond acceptors (Lipinski definition) is 3. The van der Waals surface area contributed by atoms with Crippen molar-refractivity contribution in [1.82, 2.24) is 14.7 Å². The average molecular weight is 371 g/mol. The number of carboxylic acid groups (broad SMARTS) is 1. The fraction of sp³-hybridized carbons (Fsp3) is 0.550. The summed E-state index contributed by atoms with van der Waals surface area (Å²) in [6.45, 7) is 2.62. The Morgan fingerprint density at radius 3 is 2.26 bits per heavy atom. The standard InChI is InChI=1S/C20H25N3O4/c24-18-7-6-17(23(18)13-14-4-2-1-3-5-14)19(25)21-9-15-8-16(10-21)12-22(11-15)20(26)27/h1-5,15-17H,6-13H2,(H,26,27). The zero-order valence-electron chi connectivity index (χ0n) is 15.3. The van der Waals surface area contributed by atoms with Crippen molar-refractivity contribution >= 4 is 17.9 Å². The summed E-state index contributed by atoms with van der Waals surface area (Å²) in [4.78, 5) is 41.9. The monoisotopic (exact) mass is 371 g/mol. The minimum absolute atomic E-state index is 0.0234. The number of rotatable bonds is 3. The first-order valence-corrected chi connectivity index (χ1v) is 9.61. The van der Waals surface area contributed by atoms with Gasteiger partial charge in [0.05, 0.1) is 0 Å². The van der Waals surface area contributed by atoms with Gasteiger partial charge in [-0.05, 0) is 30.2 Å². The van der Waals surface area contributed by atoms with Crippen LogP contribution < -0.4 is 0 Å². The molecule has 3 aliphatic rings. The lowest BCUT2D eigenvalue weighted by Crippen LogP contribution is -2.57. The van der Waals surface area contributed by atoms with Crippen molar-refractivity contribution in [1.29, 1.82) is 0 Å². The molecule has 1 aromatic carbocycles. The van der Waals surface area contributed by atoms with Gasteiger partial charge >= 0.3 is 6.09 Å². The molecule has 7 heteroatoms. The van der Waals surface area contributed by atoms with Crippen LogP contribution in [0.1, 0.15) is 24.8 Å². The van der Waals surface area contributed by atoms with Gasteiger partial charge in [-0.2, -0.15) is 0 Å². The Labute approximate surface area is 158 Å². The van der Waals surface area contributed by atoms with Crippen molar-refractivity contribution in [3.63, 3.8) is 0 Å². The highest BCUT2D eigenvalue weighted by molar-refractivity contribution is 5.91. The second-order valence-electron chi connectivity index (χ2n) is 7.96. The first-order valence-electron chi connectivity index (χ1n) is 9.61. The number of piperidine rings is 2. The lowest BCUT2D eigenvalue weighted by Gasteiger charge is -2.45. The Bertz CT molecular complexity index is 724. The van der Waals surface area contributed by atoms with Crippen molar-refractivity contribution < 1.29 is 19.5 Å². The van der Waals surface area contributed by atoms with Crippen molar-refractivity contribution in [2.75, 3.05) is 26.2 Å². The van der Waals surface area contributed by atoms with Crippen LogP contribution in [0.4, 0.5) is 4.79 Å². The van der Waals surface area contributed by atoms with Gasteiger partial charge in [0.2, 0.25) is 11.8 Å². The fourth-order valence-electron chi connectivity index (χ4n) is 4.80. The molecule has 3 fully saturated rings. The highest BCUT2D eigenvalue weighted by Crippen LogP contribution is 2.31. The number of carbonyl (C=O) groups is 3. The summed E-state index contributed by atoms with van der Waals surface area (Å²) in [7, 11) is 0.